The van der Waals surface area contributed by atoms with Crippen molar-refractivity contribution >= 4 is 34.8 Å². The number of nitrogens with one attached hydrogen (secondary N) is 1. The molecular weight excluding hydrogens is 262 g/mol. The summed E-state index contributed by atoms with van der Waals surface area (Å²) in [7, 11) is 0. The molecule has 0 bridgehead atoms. The summed E-state index contributed by atoms with van der Waals surface area (Å²) < 4.78 is 0.540. The minimum Gasteiger partial charge on any atom is -0.481 e. The van der Waals surface area contributed by atoms with Gasteiger partial charge in [-0.2, -0.15) is 0 Å². The number of hydrogen-bond acceptors (Lipinski definition) is 3. The smallest absolute Gasteiger partial charge is 0.308 e. The lowest BCUT2D eigenvalue weighted by molar-refractivity contribution is -0.141. The topological polar surface area (TPSA) is 66.4 Å². The fraction of sp³-hybridized carbons (Fsp3) is 0.455. The van der Waals surface area contributed by atoms with Crippen LogP contribution in [0.3, 0.4) is 0 Å². The van der Waals surface area contributed by atoms with Gasteiger partial charge in [-0.15, -0.1) is 11.3 Å². The van der Waals surface area contributed by atoms with Gasteiger partial charge in [-0.1, -0.05) is 24.9 Å². The lowest BCUT2D eigenvalue weighted by atomic mass is 10.0. The summed E-state index contributed by atoms with van der Waals surface area (Å²) in [6.07, 6.45) is 1.33. The van der Waals surface area contributed by atoms with E-state index in [0.29, 0.717) is 15.6 Å². The van der Waals surface area contributed by atoms with E-state index < -0.39 is 11.9 Å². The van der Waals surface area contributed by atoms with E-state index in [1.54, 1.807) is 12.1 Å². The Morgan fingerprint density at radius 2 is 2.24 bits per heavy atom. The SMILES string of the molecule is CCCC(CNC(=O)c1ccc(Cl)s1)C(=O)O. The van der Waals surface area contributed by atoms with Crippen molar-refractivity contribution < 1.29 is 14.7 Å². The zero-order valence-corrected chi connectivity index (χ0v) is 11.0. The van der Waals surface area contributed by atoms with Gasteiger partial charge in [-0.3, -0.25) is 9.59 Å². The molecule has 0 aliphatic rings. The van der Waals surface area contributed by atoms with Gasteiger partial charge in [0.05, 0.1) is 15.1 Å². The highest BCUT2D eigenvalue weighted by Gasteiger charge is 2.18. The van der Waals surface area contributed by atoms with Gasteiger partial charge in [0.15, 0.2) is 0 Å². The Labute approximate surface area is 109 Å². The van der Waals surface area contributed by atoms with E-state index in [0.717, 1.165) is 6.42 Å². The van der Waals surface area contributed by atoms with Crippen LogP contribution in [0.2, 0.25) is 4.34 Å². The summed E-state index contributed by atoms with van der Waals surface area (Å²) in [5.41, 5.74) is 0. The summed E-state index contributed by atoms with van der Waals surface area (Å²) >= 11 is 6.89. The predicted octanol–water partition coefficient (Wildman–Crippen LogP) is 2.63. The second-order valence-electron chi connectivity index (χ2n) is 3.64. The van der Waals surface area contributed by atoms with Crippen molar-refractivity contribution in [3.8, 4) is 0 Å². The highest BCUT2D eigenvalue weighted by molar-refractivity contribution is 7.17. The molecule has 94 valence electrons. The number of aliphatic carboxylic acids is 1. The zero-order chi connectivity index (χ0) is 12.8. The minimum absolute atomic E-state index is 0.150. The third-order valence-corrected chi connectivity index (χ3v) is 3.52. The molecule has 2 N–H and O–H groups in total. The van der Waals surface area contributed by atoms with Gasteiger partial charge in [0, 0.05) is 6.54 Å². The largest absolute Gasteiger partial charge is 0.481 e. The molecule has 1 amide bonds. The maximum Gasteiger partial charge on any atom is 0.308 e. The average molecular weight is 276 g/mol. The molecule has 1 heterocycles. The average Bonchev–Trinajstić information content (AvgIpc) is 2.70. The number of carbonyl (C=O) groups is 2. The molecular formula is C11H14ClNO3S. The highest BCUT2D eigenvalue weighted by atomic mass is 35.5. The van der Waals surface area contributed by atoms with Gasteiger partial charge in [-0.05, 0) is 18.6 Å². The quantitative estimate of drug-likeness (QED) is 0.839. The third-order valence-electron chi connectivity index (χ3n) is 2.29. The van der Waals surface area contributed by atoms with Crippen LogP contribution in [0.4, 0.5) is 0 Å². The van der Waals surface area contributed by atoms with Gasteiger partial charge >= 0.3 is 5.97 Å². The first-order valence-electron chi connectivity index (χ1n) is 5.31. The number of carboxylic acids is 1. The Balaban J connectivity index is 2.49. The standard InChI is InChI=1S/C11H14ClNO3S/c1-2-3-7(11(15)16)6-13-10(14)8-4-5-9(12)17-8/h4-5,7H,2-3,6H2,1H3,(H,13,14)(H,15,16). The Kier molecular flexibility index (Phi) is 5.44. The van der Waals surface area contributed by atoms with Crippen LogP contribution in [-0.4, -0.2) is 23.5 Å². The van der Waals surface area contributed by atoms with Crippen LogP contribution in [0, 0.1) is 5.92 Å². The molecule has 1 atom stereocenters. The molecule has 1 rings (SSSR count). The van der Waals surface area contributed by atoms with E-state index in [1.165, 1.54) is 11.3 Å². The van der Waals surface area contributed by atoms with Crippen molar-refractivity contribution in [3.63, 3.8) is 0 Å². The first kappa shape index (κ1) is 14.0. The van der Waals surface area contributed by atoms with Crippen molar-refractivity contribution in [3.05, 3.63) is 21.3 Å². The van der Waals surface area contributed by atoms with E-state index >= 15 is 0 Å². The molecule has 0 spiro atoms. The van der Waals surface area contributed by atoms with Crippen molar-refractivity contribution in [2.45, 2.75) is 19.8 Å². The van der Waals surface area contributed by atoms with E-state index in [1.807, 2.05) is 6.92 Å². The summed E-state index contributed by atoms with van der Waals surface area (Å²) in [5, 5.41) is 11.5. The Morgan fingerprint density at radius 1 is 1.53 bits per heavy atom. The van der Waals surface area contributed by atoms with Crippen LogP contribution in [0.1, 0.15) is 29.4 Å². The maximum atomic E-state index is 11.6. The predicted molar refractivity (Wildman–Crippen MR) is 67.7 cm³/mol. The summed E-state index contributed by atoms with van der Waals surface area (Å²) in [4.78, 5) is 23.0. The molecule has 0 aromatic carbocycles. The van der Waals surface area contributed by atoms with Crippen LogP contribution in [0.25, 0.3) is 0 Å². The second-order valence-corrected chi connectivity index (χ2v) is 5.35. The number of halogens is 1. The first-order valence-corrected chi connectivity index (χ1v) is 6.50. The molecule has 0 aliphatic heterocycles. The van der Waals surface area contributed by atoms with E-state index in [9.17, 15) is 9.59 Å². The summed E-state index contributed by atoms with van der Waals surface area (Å²) in [6.45, 7) is 2.06. The molecule has 4 nitrogen and oxygen atoms in total. The fourth-order valence-corrected chi connectivity index (χ4v) is 2.36. The lowest BCUT2D eigenvalue weighted by Crippen LogP contribution is -2.32. The van der Waals surface area contributed by atoms with E-state index in [-0.39, 0.29) is 12.5 Å². The van der Waals surface area contributed by atoms with Crippen molar-refractivity contribution in [1.82, 2.24) is 5.32 Å². The Morgan fingerprint density at radius 3 is 2.71 bits per heavy atom. The number of amides is 1. The summed E-state index contributed by atoms with van der Waals surface area (Å²) in [6, 6.07) is 3.26. The first-order chi connectivity index (χ1) is 8.04. The molecule has 0 saturated carbocycles. The molecule has 0 aliphatic carbocycles. The van der Waals surface area contributed by atoms with Gasteiger partial charge in [-0.25, -0.2) is 0 Å². The monoisotopic (exact) mass is 275 g/mol. The minimum atomic E-state index is -0.878. The number of hydrogen-bond donors (Lipinski definition) is 2. The molecule has 6 heteroatoms. The maximum absolute atomic E-state index is 11.6. The van der Waals surface area contributed by atoms with Gasteiger partial charge in [0.2, 0.25) is 0 Å². The van der Waals surface area contributed by atoms with Gasteiger partial charge < -0.3 is 10.4 Å². The number of carboxylic acid groups (broad SMARTS) is 1. The Hall–Kier alpha value is -1.07. The van der Waals surface area contributed by atoms with E-state index in [2.05, 4.69) is 5.32 Å². The lowest BCUT2D eigenvalue weighted by Gasteiger charge is -2.11. The molecule has 1 aromatic rings. The normalized spacial score (nSPS) is 12.1. The molecule has 0 saturated heterocycles. The van der Waals surface area contributed by atoms with Gasteiger partial charge in [0.1, 0.15) is 0 Å². The fourth-order valence-electron chi connectivity index (χ4n) is 1.40. The molecule has 17 heavy (non-hydrogen) atoms. The third kappa shape index (κ3) is 4.36. The molecule has 0 fully saturated rings. The van der Waals surface area contributed by atoms with Crippen molar-refractivity contribution in [1.29, 1.82) is 0 Å². The van der Waals surface area contributed by atoms with Crippen molar-refractivity contribution in [2.75, 3.05) is 6.54 Å². The molecule has 0 radical (unpaired) electrons. The highest BCUT2D eigenvalue weighted by Crippen LogP contribution is 2.21. The Bertz CT molecular complexity index is 405. The number of thiophene rings is 1. The van der Waals surface area contributed by atoms with Crippen LogP contribution >= 0.6 is 22.9 Å². The van der Waals surface area contributed by atoms with Crippen LogP contribution in [0.15, 0.2) is 12.1 Å². The second kappa shape index (κ2) is 6.61. The van der Waals surface area contributed by atoms with Crippen molar-refractivity contribution in [2.24, 2.45) is 5.92 Å². The zero-order valence-electron chi connectivity index (χ0n) is 9.40. The number of rotatable bonds is 6. The molecule has 1 aromatic heterocycles. The number of carbonyl (C=O) groups excluding carboxylic acids is 1. The van der Waals surface area contributed by atoms with Gasteiger partial charge in [0.25, 0.3) is 5.91 Å². The van der Waals surface area contributed by atoms with Crippen LogP contribution in [0.5, 0.6) is 0 Å². The van der Waals surface area contributed by atoms with Crippen LogP contribution < -0.4 is 5.32 Å². The van der Waals surface area contributed by atoms with Crippen LogP contribution in [-0.2, 0) is 4.79 Å². The molecule has 1 unspecified atom stereocenters. The van der Waals surface area contributed by atoms with E-state index in [4.69, 9.17) is 16.7 Å². The summed E-state index contributed by atoms with van der Waals surface area (Å²) in [5.74, 6) is -1.68.